The molecule has 2 atom stereocenters. The molecule has 8 heteroatoms. The fourth-order valence-electron chi connectivity index (χ4n) is 4.84. The van der Waals surface area contributed by atoms with Gasteiger partial charge in [-0.25, -0.2) is 9.78 Å². The van der Waals surface area contributed by atoms with Crippen molar-refractivity contribution >= 4 is 29.3 Å². The van der Waals surface area contributed by atoms with Crippen LogP contribution >= 0.6 is 11.6 Å². The van der Waals surface area contributed by atoms with Crippen molar-refractivity contribution in [3.05, 3.63) is 58.2 Å². The van der Waals surface area contributed by atoms with E-state index < -0.39 is 12.0 Å². The molecule has 2 aromatic rings. The Morgan fingerprint density at radius 1 is 1.26 bits per heavy atom. The molecule has 0 aliphatic carbocycles. The van der Waals surface area contributed by atoms with Gasteiger partial charge < -0.3 is 20.6 Å². The zero-order valence-electron chi connectivity index (χ0n) is 19.4. The van der Waals surface area contributed by atoms with E-state index in [1.54, 1.807) is 18.2 Å². The van der Waals surface area contributed by atoms with Crippen LogP contribution in [0.15, 0.2) is 36.4 Å². The zero-order chi connectivity index (χ0) is 23.9. The lowest BCUT2D eigenvalue weighted by Crippen LogP contribution is -2.43. The second-order valence-electron chi connectivity index (χ2n) is 9.35. The number of aliphatic carboxylic acids is 1. The topological polar surface area (TPSA) is 94.6 Å². The molecule has 1 aromatic heterocycles. The van der Waals surface area contributed by atoms with Crippen LogP contribution in [0.2, 0.25) is 5.02 Å². The van der Waals surface area contributed by atoms with E-state index in [1.165, 1.54) is 12.0 Å². The summed E-state index contributed by atoms with van der Waals surface area (Å²) in [6, 6.07) is 10.6. The van der Waals surface area contributed by atoms with Gasteiger partial charge in [-0.15, -0.1) is 0 Å². The van der Waals surface area contributed by atoms with Gasteiger partial charge in [0.05, 0.1) is 6.42 Å². The van der Waals surface area contributed by atoms with Crippen molar-refractivity contribution in [1.82, 2.24) is 15.2 Å². The quantitative estimate of drug-likeness (QED) is 0.477. The number of carboxylic acid groups (broad SMARTS) is 1. The van der Waals surface area contributed by atoms with Gasteiger partial charge in [-0.2, -0.15) is 0 Å². The highest BCUT2D eigenvalue weighted by Crippen LogP contribution is 2.24. The van der Waals surface area contributed by atoms with Crippen LogP contribution in [0.4, 0.5) is 5.82 Å². The number of pyridine rings is 1. The molecular formula is C26H33ClN4O3. The number of nitrogens with one attached hydrogen (secondary N) is 2. The zero-order valence-corrected chi connectivity index (χ0v) is 20.2. The second kappa shape index (κ2) is 11.7. The number of halogens is 1. The van der Waals surface area contributed by atoms with E-state index in [2.05, 4.69) is 27.7 Å². The number of hydrogen-bond acceptors (Lipinski definition) is 5. The van der Waals surface area contributed by atoms with Crippen molar-refractivity contribution in [1.29, 1.82) is 0 Å². The SMILES string of the molecule is O=C(Cc1ccccc1Cl)N[C@@H](CCN1CC[C@@H](CCc2ccc3c(n2)NCCC3)C1)C(=O)O. The van der Waals surface area contributed by atoms with Gasteiger partial charge >= 0.3 is 5.97 Å². The maximum Gasteiger partial charge on any atom is 0.326 e. The average molecular weight is 485 g/mol. The van der Waals surface area contributed by atoms with Crippen LogP contribution in [0, 0.1) is 5.92 Å². The molecule has 1 fully saturated rings. The first-order chi connectivity index (χ1) is 16.5. The van der Waals surface area contributed by atoms with Crippen molar-refractivity contribution < 1.29 is 14.7 Å². The molecule has 1 amide bonds. The number of anilines is 1. The summed E-state index contributed by atoms with van der Waals surface area (Å²) in [5.41, 5.74) is 3.14. The Bertz CT molecular complexity index is 1020. The van der Waals surface area contributed by atoms with Crippen molar-refractivity contribution in [2.45, 2.75) is 51.0 Å². The molecule has 0 bridgehead atoms. The highest BCUT2D eigenvalue weighted by molar-refractivity contribution is 6.31. The maximum atomic E-state index is 12.4. The Kier molecular flexibility index (Phi) is 8.40. The third-order valence-corrected chi connectivity index (χ3v) is 7.18. The number of rotatable bonds is 10. The van der Waals surface area contributed by atoms with Crippen LogP contribution in [-0.2, 0) is 28.9 Å². The molecule has 3 N–H and O–H groups in total. The normalized spacial score (nSPS) is 18.7. The largest absolute Gasteiger partial charge is 0.480 e. The number of carbonyl (C=O) groups is 2. The molecule has 1 aromatic carbocycles. The summed E-state index contributed by atoms with van der Waals surface area (Å²) >= 11 is 6.11. The van der Waals surface area contributed by atoms with E-state index in [1.807, 2.05) is 6.07 Å². The maximum absolute atomic E-state index is 12.4. The standard InChI is InChI=1S/C26H33ClN4O3/c27-22-6-2-1-4-20(22)16-24(32)30-23(26(33)34)12-15-31-14-11-18(17-31)7-9-21-10-8-19-5-3-13-28-25(19)29-21/h1-2,4,6,8,10,18,23H,3,5,7,9,11-17H2,(H,28,29)(H,30,32)(H,33,34)/t18-,23+/m1/s1. The molecule has 0 radical (unpaired) electrons. The number of nitrogens with zero attached hydrogens (tertiary/aromatic N) is 2. The molecule has 3 heterocycles. The van der Waals surface area contributed by atoms with Crippen LogP contribution in [0.1, 0.15) is 42.5 Å². The van der Waals surface area contributed by atoms with Crippen molar-refractivity contribution in [2.75, 3.05) is 31.5 Å². The molecule has 0 unspecified atom stereocenters. The predicted molar refractivity (Wildman–Crippen MR) is 133 cm³/mol. The Labute approximate surface area is 205 Å². The van der Waals surface area contributed by atoms with E-state index in [-0.39, 0.29) is 12.3 Å². The van der Waals surface area contributed by atoms with Gasteiger partial charge in [-0.3, -0.25) is 4.79 Å². The third kappa shape index (κ3) is 6.70. The lowest BCUT2D eigenvalue weighted by Gasteiger charge is -2.20. The minimum atomic E-state index is -1.00. The van der Waals surface area contributed by atoms with Crippen molar-refractivity contribution in [3.8, 4) is 0 Å². The van der Waals surface area contributed by atoms with E-state index >= 15 is 0 Å². The van der Waals surface area contributed by atoms with Gasteiger partial charge in [0.2, 0.25) is 5.91 Å². The molecule has 182 valence electrons. The molecule has 34 heavy (non-hydrogen) atoms. The number of benzene rings is 1. The van der Waals surface area contributed by atoms with Gasteiger partial charge in [0.25, 0.3) is 0 Å². The number of carboxylic acids is 1. The Balaban J connectivity index is 1.20. The molecule has 0 saturated carbocycles. The summed E-state index contributed by atoms with van der Waals surface area (Å²) in [5.74, 6) is 0.305. The van der Waals surface area contributed by atoms with Crippen LogP contribution in [0.5, 0.6) is 0 Å². The fourth-order valence-corrected chi connectivity index (χ4v) is 5.04. The number of carbonyl (C=O) groups excluding carboxylic acids is 1. The minimum Gasteiger partial charge on any atom is -0.480 e. The second-order valence-corrected chi connectivity index (χ2v) is 9.76. The molecule has 1 saturated heterocycles. The molecule has 4 rings (SSSR count). The lowest BCUT2D eigenvalue weighted by atomic mass is 10.00. The monoisotopic (exact) mass is 484 g/mol. The molecule has 2 aliphatic heterocycles. The van der Waals surface area contributed by atoms with Gasteiger partial charge in [-0.05, 0) is 74.2 Å². The van der Waals surface area contributed by atoms with Gasteiger partial charge in [0.1, 0.15) is 11.9 Å². The number of amides is 1. The smallest absolute Gasteiger partial charge is 0.326 e. The summed E-state index contributed by atoms with van der Waals surface area (Å²) in [5, 5.41) is 16.2. The van der Waals surface area contributed by atoms with Gasteiger partial charge in [-0.1, -0.05) is 35.9 Å². The van der Waals surface area contributed by atoms with Crippen molar-refractivity contribution in [2.24, 2.45) is 5.92 Å². The number of likely N-dealkylation sites (tertiary alicyclic amines) is 1. The number of aromatic nitrogens is 1. The molecule has 0 spiro atoms. The summed E-state index contributed by atoms with van der Waals surface area (Å²) in [6.07, 6.45) is 5.88. The number of fused-ring (bicyclic) bond motifs is 1. The number of aryl methyl sites for hydroxylation is 2. The first-order valence-electron chi connectivity index (χ1n) is 12.2. The van der Waals surface area contributed by atoms with E-state index in [0.29, 0.717) is 29.5 Å². The van der Waals surface area contributed by atoms with Gasteiger partial charge in [0, 0.05) is 30.4 Å². The van der Waals surface area contributed by atoms with Crippen molar-refractivity contribution in [3.63, 3.8) is 0 Å². The molecular weight excluding hydrogens is 452 g/mol. The molecule has 7 nitrogen and oxygen atoms in total. The van der Waals surface area contributed by atoms with Crippen LogP contribution in [-0.4, -0.2) is 59.1 Å². The first kappa shape index (κ1) is 24.5. The summed E-state index contributed by atoms with van der Waals surface area (Å²) in [6.45, 7) is 3.58. The van der Waals surface area contributed by atoms with E-state index in [0.717, 1.165) is 56.8 Å². The third-order valence-electron chi connectivity index (χ3n) is 6.81. The Morgan fingerprint density at radius 2 is 2.12 bits per heavy atom. The summed E-state index contributed by atoms with van der Waals surface area (Å²) in [7, 11) is 0. The number of hydrogen-bond donors (Lipinski definition) is 3. The van der Waals surface area contributed by atoms with Gasteiger partial charge in [0.15, 0.2) is 0 Å². The first-order valence-corrected chi connectivity index (χ1v) is 12.6. The Morgan fingerprint density at radius 3 is 2.94 bits per heavy atom. The van der Waals surface area contributed by atoms with Crippen LogP contribution in [0.3, 0.4) is 0 Å². The van der Waals surface area contributed by atoms with Crippen LogP contribution < -0.4 is 10.6 Å². The van der Waals surface area contributed by atoms with E-state index in [9.17, 15) is 14.7 Å². The highest BCUT2D eigenvalue weighted by atomic mass is 35.5. The fraction of sp³-hybridized carbons (Fsp3) is 0.500. The minimum absolute atomic E-state index is 0.0709. The summed E-state index contributed by atoms with van der Waals surface area (Å²) < 4.78 is 0. The Hall–Kier alpha value is -2.64. The predicted octanol–water partition coefficient (Wildman–Crippen LogP) is 3.55. The van der Waals surface area contributed by atoms with E-state index in [4.69, 9.17) is 16.6 Å². The lowest BCUT2D eigenvalue weighted by molar-refractivity contribution is -0.142. The molecule has 2 aliphatic rings. The van der Waals surface area contributed by atoms with Crippen LogP contribution in [0.25, 0.3) is 0 Å². The average Bonchev–Trinajstić information content (AvgIpc) is 3.29. The summed E-state index contributed by atoms with van der Waals surface area (Å²) in [4.78, 5) is 31.2. The highest BCUT2D eigenvalue weighted by Gasteiger charge is 2.26.